The van der Waals surface area contributed by atoms with Crippen LogP contribution in [0.2, 0.25) is 5.02 Å². The van der Waals surface area contributed by atoms with Crippen molar-refractivity contribution in [1.82, 2.24) is 9.62 Å². The van der Waals surface area contributed by atoms with Crippen molar-refractivity contribution in [2.75, 3.05) is 19.6 Å². The van der Waals surface area contributed by atoms with Gasteiger partial charge < -0.3 is 5.32 Å². The molecule has 2 fully saturated rings. The highest BCUT2D eigenvalue weighted by Gasteiger charge is 2.29. The molecule has 128 valence electrons. The quantitative estimate of drug-likeness (QED) is 0.848. The Morgan fingerprint density at radius 1 is 1.22 bits per heavy atom. The molecule has 0 atom stereocenters. The second-order valence-corrected chi connectivity index (χ2v) is 8.91. The highest BCUT2D eigenvalue weighted by molar-refractivity contribution is 7.88. The highest BCUT2D eigenvalue weighted by atomic mass is 35.5. The SMILES string of the molecule is O=S(=O)(Cc1ccc(F)c(Cl)c1)N1CCC(NCC2CC2)CC1. The van der Waals surface area contributed by atoms with Crippen LogP contribution in [0.3, 0.4) is 0 Å². The zero-order valence-corrected chi connectivity index (χ0v) is 14.5. The molecule has 0 amide bonds. The van der Waals surface area contributed by atoms with Crippen LogP contribution in [0.5, 0.6) is 0 Å². The van der Waals surface area contributed by atoms with E-state index in [9.17, 15) is 12.8 Å². The Hall–Kier alpha value is -0.690. The van der Waals surface area contributed by atoms with Crippen molar-refractivity contribution in [3.8, 4) is 0 Å². The smallest absolute Gasteiger partial charge is 0.218 e. The zero-order valence-electron chi connectivity index (χ0n) is 13.0. The number of hydrogen-bond donors (Lipinski definition) is 1. The third kappa shape index (κ3) is 4.66. The summed E-state index contributed by atoms with van der Waals surface area (Å²) >= 11 is 5.72. The summed E-state index contributed by atoms with van der Waals surface area (Å²) in [6.45, 7) is 2.14. The van der Waals surface area contributed by atoms with Gasteiger partial charge in [-0.3, -0.25) is 0 Å². The summed E-state index contributed by atoms with van der Waals surface area (Å²) in [5, 5.41) is 3.50. The number of piperidine rings is 1. The Morgan fingerprint density at radius 2 is 1.91 bits per heavy atom. The Morgan fingerprint density at radius 3 is 2.52 bits per heavy atom. The number of benzene rings is 1. The molecule has 1 aromatic carbocycles. The Balaban J connectivity index is 1.54. The van der Waals surface area contributed by atoms with Crippen molar-refractivity contribution in [2.45, 2.75) is 37.5 Å². The van der Waals surface area contributed by atoms with E-state index in [1.807, 2.05) is 0 Å². The standard InChI is InChI=1S/C16H22ClFN2O2S/c17-15-9-13(3-4-16(15)18)11-23(21,22)20-7-5-14(6-8-20)19-10-12-1-2-12/h3-4,9,12,14,19H,1-2,5-8,10-11H2. The van der Waals surface area contributed by atoms with Gasteiger partial charge in [0.1, 0.15) is 5.82 Å². The molecule has 1 saturated heterocycles. The maximum absolute atomic E-state index is 13.2. The lowest BCUT2D eigenvalue weighted by molar-refractivity contribution is 0.287. The van der Waals surface area contributed by atoms with Crippen LogP contribution in [0, 0.1) is 11.7 Å². The summed E-state index contributed by atoms with van der Waals surface area (Å²) < 4.78 is 39.7. The summed E-state index contributed by atoms with van der Waals surface area (Å²) in [5.41, 5.74) is 0.519. The van der Waals surface area contributed by atoms with Gasteiger partial charge in [0, 0.05) is 19.1 Å². The number of sulfonamides is 1. The molecule has 0 bridgehead atoms. The molecular formula is C16H22ClFN2O2S. The van der Waals surface area contributed by atoms with Crippen LogP contribution in [-0.4, -0.2) is 38.4 Å². The molecule has 23 heavy (non-hydrogen) atoms. The van der Waals surface area contributed by atoms with Gasteiger partial charge >= 0.3 is 0 Å². The largest absolute Gasteiger partial charge is 0.314 e. The van der Waals surface area contributed by atoms with Crippen LogP contribution in [-0.2, 0) is 15.8 Å². The second kappa shape index (κ2) is 7.05. The van der Waals surface area contributed by atoms with Crippen molar-refractivity contribution in [3.63, 3.8) is 0 Å². The van der Waals surface area contributed by atoms with E-state index in [-0.39, 0.29) is 10.8 Å². The number of rotatable bonds is 6. The molecule has 0 aromatic heterocycles. The van der Waals surface area contributed by atoms with Gasteiger partial charge in [-0.25, -0.2) is 17.1 Å². The van der Waals surface area contributed by atoms with Gasteiger partial charge in [-0.2, -0.15) is 0 Å². The average Bonchev–Trinajstić information content (AvgIpc) is 3.33. The van der Waals surface area contributed by atoms with Crippen molar-refractivity contribution in [1.29, 1.82) is 0 Å². The summed E-state index contributed by atoms with van der Waals surface area (Å²) in [5.74, 6) is 0.169. The monoisotopic (exact) mass is 360 g/mol. The topological polar surface area (TPSA) is 49.4 Å². The molecule has 2 aliphatic rings. The predicted molar refractivity (Wildman–Crippen MR) is 89.4 cm³/mol. The first-order chi connectivity index (χ1) is 10.9. The van der Waals surface area contributed by atoms with Gasteiger partial charge in [0.2, 0.25) is 10.0 Å². The first-order valence-electron chi connectivity index (χ1n) is 8.09. The van der Waals surface area contributed by atoms with Crippen LogP contribution in [0.1, 0.15) is 31.2 Å². The molecule has 1 heterocycles. The Labute approximate surface area is 142 Å². The maximum atomic E-state index is 13.2. The maximum Gasteiger partial charge on any atom is 0.218 e. The van der Waals surface area contributed by atoms with E-state index < -0.39 is 15.8 Å². The van der Waals surface area contributed by atoms with E-state index in [0.29, 0.717) is 24.7 Å². The molecule has 1 aromatic rings. The predicted octanol–water partition coefficient (Wildman–Crippen LogP) is 2.77. The first kappa shape index (κ1) is 17.1. The lowest BCUT2D eigenvalue weighted by Crippen LogP contribution is -2.45. The molecule has 4 nitrogen and oxygen atoms in total. The lowest BCUT2D eigenvalue weighted by Gasteiger charge is -2.31. The van der Waals surface area contributed by atoms with E-state index in [4.69, 9.17) is 11.6 Å². The van der Waals surface area contributed by atoms with Crippen molar-refractivity contribution >= 4 is 21.6 Å². The fourth-order valence-corrected chi connectivity index (χ4v) is 4.68. The van der Waals surface area contributed by atoms with Gasteiger partial charge in [0.05, 0.1) is 10.8 Å². The molecule has 0 spiro atoms. The second-order valence-electron chi connectivity index (χ2n) is 6.53. The van der Waals surface area contributed by atoms with Crippen LogP contribution >= 0.6 is 11.6 Å². The average molecular weight is 361 g/mol. The fraction of sp³-hybridized carbons (Fsp3) is 0.625. The van der Waals surface area contributed by atoms with Crippen LogP contribution in [0.4, 0.5) is 4.39 Å². The van der Waals surface area contributed by atoms with Gasteiger partial charge in [-0.05, 0) is 55.8 Å². The van der Waals surface area contributed by atoms with E-state index in [1.165, 1.54) is 31.0 Å². The molecular weight excluding hydrogens is 339 g/mol. The summed E-state index contributed by atoms with van der Waals surface area (Å²) in [6.07, 6.45) is 4.33. The van der Waals surface area contributed by atoms with Gasteiger partial charge in [0.25, 0.3) is 0 Å². The van der Waals surface area contributed by atoms with Crippen molar-refractivity contribution in [2.24, 2.45) is 5.92 Å². The molecule has 1 aliphatic carbocycles. The van der Waals surface area contributed by atoms with Crippen LogP contribution < -0.4 is 5.32 Å². The molecule has 7 heteroatoms. The van der Waals surface area contributed by atoms with Crippen LogP contribution in [0.15, 0.2) is 18.2 Å². The minimum Gasteiger partial charge on any atom is -0.314 e. The molecule has 1 saturated carbocycles. The van der Waals surface area contributed by atoms with Crippen molar-refractivity contribution < 1.29 is 12.8 Å². The number of halogens is 2. The van der Waals surface area contributed by atoms with E-state index in [0.717, 1.165) is 25.3 Å². The van der Waals surface area contributed by atoms with E-state index in [2.05, 4.69) is 5.32 Å². The molecule has 0 unspecified atom stereocenters. The first-order valence-corrected chi connectivity index (χ1v) is 10.1. The summed E-state index contributed by atoms with van der Waals surface area (Å²) in [4.78, 5) is 0. The minimum atomic E-state index is -3.38. The molecule has 1 N–H and O–H groups in total. The van der Waals surface area contributed by atoms with Gasteiger partial charge in [-0.15, -0.1) is 0 Å². The Kier molecular flexibility index (Phi) is 5.26. The van der Waals surface area contributed by atoms with E-state index in [1.54, 1.807) is 4.31 Å². The number of nitrogens with zero attached hydrogens (tertiary/aromatic N) is 1. The minimum absolute atomic E-state index is 0.0410. The van der Waals surface area contributed by atoms with Crippen LogP contribution in [0.25, 0.3) is 0 Å². The van der Waals surface area contributed by atoms with E-state index >= 15 is 0 Å². The third-order valence-corrected chi connectivity index (χ3v) is 6.71. The fourth-order valence-electron chi connectivity index (χ4n) is 2.92. The highest BCUT2D eigenvalue weighted by Crippen LogP contribution is 2.28. The lowest BCUT2D eigenvalue weighted by atomic mass is 10.1. The normalized spacial score (nSPS) is 20.8. The summed E-state index contributed by atoms with van der Waals surface area (Å²) in [6, 6.07) is 4.49. The zero-order chi connectivity index (χ0) is 16.4. The van der Waals surface area contributed by atoms with Crippen molar-refractivity contribution in [3.05, 3.63) is 34.6 Å². The number of nitrogens with one attached hydrogen (secondary N) is 1. The molecule has 1 aliphatic heterocycles. The summed E-state index contributed by atoms with van der Waals surface area (Å²) in [7, 11) is -3.38. The van der Waals surface area contributed by atoms with Gasteiger partial charge in [0.15, 0.2) is 0 Å². The number of hydrogen-bond acceptors (Lipinski definition) is 3. The molecule has 3 rings (SSSR count). The molecule has 0 radical (unpaired) electrons. The van der Waals surface area contributed by atoms with Gasteiger partial charge in [-0.1, -0.05) is 17.7 Å². The third-order valence-electron chi connectivity index (χ3n) is 4.57. The Bertz CT molecular complexity index is 656.